The number of thiazole rings is 1. The van der Waals surface area contributed by atoms with Crippen LogP contribution < -0.4 is 15.5 Å². The number of halogens is 3. The van der Waals surface area contributed by atoms with Gasteiger partial charge >= 0.3 is 6.18 Å². The molecular formula is C19H14F3N5O3S. The van der Waals surface area contributed by atoms with Crippen LogP contribution in [0.25, 0.3) is 17.0 Å². The van der Waals surface area contributed by atoms with Crippen molar-refractivity contribution < 1.29 is 27.9 Å². The van der Waals surface area contributed by atoms with E-state index in [1.807, 2.05) is 0 Å². The lowest BCUT2D eigenvalue weighted by atomic mass is 10.2. The SMILES string of the molecule is COc1ccn2c(-c3csc(Nc4ccc(C(=O)NO)cc4)n3)c(C(F)(F)F)nc2c1. The Morgan fingerprint density at radius 3 is 2.58 bits per heavy atom. The fourth-order valence-corrected chi connectivity index (χ4v) is 3.64. The first-order chi connectivity index (χ1) is 14.8. The minimum Gasteiger partial charge on any atom is -0.497 e. The number of nitrogens with zero attached hydrogens (tertiary/aromatic N) is 3. The molecule has 4 rings (SSSR count). The number of pyridine rings is 1. The first-order valence-electron chi connectivity index (χ1n) is 8.71. The third-order valence-corrected chi connectivity index (χ3v) is 5.11. The van der Waals surface area contributed by atoms with Crippen molar-refractivity contribution in [1.82, 2.24) is 19.8 Å². The second kappa shape index (κ2) is 7.89. The van der Waals surface area contributed by atoms with Crippen molar-refractivity contribution in [2.45, 2.75) is 6.18 Å². The zero-order valence-electron chi connectivity index (χ0n) is 15.8. The molecule has 8 nitrogen and oxygen atoms in total. The highest BCUT2D eigenvalue weighted by atomic mass is 32.1. The zero-order chi connectivity index (χ0) is 22.2. The fourth-order valence-electron chi connectivity index (χ4n) is 2.93. The highest BCUT2D eigenvalue weighted by molar-refractivity contribution is 7.14. The highest BCUT2D eigenvalue weighted by Gasteiger charge is 2.39. The predicted octanol–water partition coefficient (Wildman–Crippen LogP) is 4.35. The smallest absolute Gasteiger partial charge is 0.435 e. The standard InChI is InChI=1S/C19H14F3N5O3S/c1-30-12-6-7-27-14(8-12)25-16(19(20,21)22)15(27)13-9-31-18(24-13)23-11-4-2-10(3-5-11)17(28)26-29/h2-9,29H,1H3,(H,23,24)(H,26,28). The Kier molecular flexibility index (Phi) is 5.25. The minimum absolute atomic E-state index is 0.0851. The molecule has 0 aliphatic heterocycles. The number of ether oxygens (including phenoxy) is 1. The summed E-state index contributed by atoms with van der Waals surface area (Å²) in [7, 11) is 1.42. The third-order valence-electron chi connectivity index (χ3n) is 4.35. The number of alkyl halides is 3. The summed E-state index contributed by atoms with van der Waals surface area (Å²) >= 11 is 1.12. The van der Waals surface area contributed by atoms with Crippen molar-refractivity contribution in [2.75, 3.05) is 12.4 Å². The second-order valence-electron chi connectivity index (χ2n) is 6.28. The number of rotatable bonds is 5. The van der Waals surface area contributed by atoms with Gasteiger partial charge in [-0.2, -0.15) is 13.2 Å². The van der Waals surface area contributed by atoms with Gasteiger partial charge in [-0.15, -0.1) is 11.3 Å². The van der Waals surface area contributed by atoms with E-state index in [2.05, 4.69) is 15.3 Å². The van der Waals surface area contributed by atoms with Gasteiger partial charge in [0.15, 0.2) is 10.8 Å². The van der Waals surface area contributed by atoms with Gasteiger partial charge in [-0.3, -0.25) is 14.4 Å². The Hall–Kier alpha value is -3.64. The van der Waals surface area contributed by atoms with Crippen LogP contribution in [0.5, 0.6) is 5.75 Å². The number of hydroxylamine groups is 1. The van der Waals surface area contributed by atoms with Gasteiger partial charge in [-0.05, 0) is 30.3 Å². The Morgan fingerprint density at radius 2 is 1.94 bits per heavy atom. The number of hydrogen-bond donors (Lipinski definition) is 3. The molecular weight excluding hydrogens is 435 g/mol. The number of carbonyl (C=O) groups is 1. The Balaban J connectivity index is 1.69. The molecule has 0 aliphatic carbocycles. The van der Waals surface area contributed by atoms with Gasteiger partial charge in [0.1, 0.15) is 22.8 Å². The molecule has 1 amide bonds. The van der Waals surface area contributed by atoms with Crippen LogP contribution in [-0.2, 0) is 6.18 Å². The van der Waals surface area contributed by atoms with E-state index in [1.165, 1.54) is 52.8 Å². The van der Waals surface area contributed by atoms with Crippen LogP contribution in [-0.4, -0.2) is 32.6 Å². The first-order valence-corrected chi connectivity index (χ1v) is 9.59. The van der Waals surface area contributed by atoms with Gasteiger partial charge in [0, 0.05) is 28.9 Å². The number of carbonyl (C=O) groups excluding carboxylic acids is 1. The molecule has 1 aromatic carbocycles. The van der Waals surface area contributed by atoms with Crippen LogP contribution in [0, 0.1) is 0 Å². The Labute approximate surface area is 176 Å². The number of benzene rings is 1. The number of nitrogens with one attached hydrogen (secondary N) is 2. The fraction of sp³-hybridized carbons (Fsp3) is 0.105. The summed E-state index contributed by atoms with van der Waals surface area (Å²) in [4.78, 5) is 19.4. The summed E-state index contributed by atoms with van der Waals surface area (Å²) in [5.41, 5.74) is 1.30. The van der Waals surface area contributed by atoms with Crippen LogP contribution in [0.3, 0.4) is 0 Å². The summed E-state index contributed by atoms with van der Waals surface area (Å²) in [6.07, 6.45) is -3.22. The highest BCUT2D eigenvalue weighted by Crippen LogP contribution is 2.39. The van der Waals surface area contributed by atoms with Gasteiger partial charge in [0.25, 0.3) is 5.91 Å². The number of fused-ring (bicyclic) bond motifs is 1. The van der Waals surface area contributed by atoms with Crippen molar-refractivity contribution >= 4 is 33.7 Å². The molecule has 0 spiro atoms. The van der Waals surface area contributed by atoms with E-state index in [0.717, 1.165) is 11.3 Å². The molecule has 3 heterocycles. The van der Waals surface area contributed by atoms with E-state index < -0.39 is 17.8 Å². The van der Waals surface area contributed by atoms with Crippen molar-refractivity contribution in [1.29, 1.82) is 0 Å². The molecule has 4 aromatic rings. The number of aromatic nitrogens is 3. The minimum atomic E-state index is -4.67. The van der Waals surface area contributed by atoms with Crippen molar-refractivity contribution in [3.8, 4) is 17.1 Å². The molecule has 0 atom stereocenters. The topological polar surface area (TPSA) is 101 Å². The average molecular weight is 449 g/mol. The molecule has 0 saturated carbocycles. The van der Waals surface area contributed by atoms with Gasteiger partial charge in [-0.25, -0.2) is 15.4 Å². The molecule has 0 unspecified atom stereocenters. The molecule has 31 heavy (non-hydrogen) atoms. The maximum absolute atomic E-state index is 13.6. The maximum atomic E-state index is 13.6. The van der Waals surface area contributed by atoms with E-state index in [-0.39, 0.29) is 22.6 Å². The zero-order valence-corrected chi connectivity index (χ0v) is 16.6. The van der Waals surface area contributed by atoms with E-state index in [4.69, 9.17) is 9.94 Å². The van der Waals surface area contributed by atoms with Gasteiger partial charge in [0.05, 0.1) is 7.11 Å². The third kappa shape index (κ3) is 4.02. The lowest BCUT2D eigenvalue weighted by Gasteiger charge is -2.06. The maximum Gasteiger partial charge on any atom is 0.435 e. The molecule has 0 bridgehead atoms. The molecule has 3 aromatic heterocycles. The molecule has 3 N–H and O–H groups in total. The summed E-state index contributed by atoms with van der Waals surface area (Å²) in [5.74, 6) is -0.274. The monoisotopic (exact) mass is 449 g/mol. The number of anilines is 2. The van der Waals surface area contributed by atoms with Gasteiger partial charge in [-0.1, -0.05) is 0 Å². The molecule has 160 valence electrons. The van der Waals surface area contributed by atoms with E-state index in [0.29, 0.717) is 16.6 Å². The lowest BCUT2D eigenvalue weighted by molar-refractivity contribution is -0.140. The number of hydrogen-bond acceptors (Lipinski definition) is 7. The van der Waals surface area contributed by atoms with Crippen LogP contribution >= 0.6 is 11.3 Å². The molecule has 0 aliphatic rings. The summed E-state index contributed by atoms with van der Waals surface area (Å²) in [5, 5.41) is 13.5. The molecule has 0 saturated heterocycles. The first kappa shape index (κ1) is 20.6. The van der Waals surface area contributed by atoms with Gasteiger partial charge < -0.3 is 10.1 Å². The van der Waals surface area contributed by atoms with E-state index in [1.54, 1.807) is 12.1 Å². The normalized spacial score (nSPS) is 11.5. The Morgan fingerprint density at radius 1 is 1.19 bits per heavy atom. The van der Waals surface area contributed by atoms with Gasteiger partial charge in [0.2, 0.25) is 0 Å². The summed E-state index contributed by atoms with van der Waals surface area (Å²) in [6.45, 7) is 0. The van der Waals surface area contributed by atoms with Crippen molar-refractivity contribution in [3.05, 3.63) is 59.2 Å². The van der Waals surface area contributed by atoms with Crippen LogP contribution in [0.15, 0.2) is 48.0 Å². The summed E-state index contributed by atoms with van der Waals surface area (Å²) < 4.78 is 47.3. The molecule has 0 fully saturated rings. The van der Waals surface area contributed by atoms with Crippen LogP contribution in [0.1, 0.15) is 16.1 Å². The second-order valence-corrected chi connectivity index (χ2v) is 7.14. The number of amides is 1. The number of imidazole rings is 1. The summed E-state index contributed by atoms with van der Waals surface area (Å²) in [6, 6.07) is 9.05. The molecule has 0 radical (unpaired) electrons. The van der Waals surface area contributed by atoms with E-state index >= 15 is 0 Å². The average Bonchev–Trinajstić information content (AvgIpc) is 3.37. The lowest BCUT2D eigenvalue weighted by Crippen LogP contribution is -2.18. The van der Waals surface area contributed by atoms with E-state index in [9.17, 15) is 18.0 Å². The van der Waals surface area contributed by atoms with Crippen LogP contribution in [0.2, 0.25) is 0 Å². The van der Waals surface area contributed by atoms with Crippen molar-refractivity contribution in [2.24, 2.45) is 0 Å². The van der Waals surface area contributed by atoms with Crippen molar-refractivity contribution in [3.63, 3.8) is 0 Å². The quantitative estimate of drug-likeness (QED) is 0.309. The van der Waals surface area contributed by atoms with Crippen LogP contribution in [0.4, 0.5) is 24.0 Å². The Bertz CT molecular complexity index is 1250. The largest absolute Gasteiger partial charge is 0.497 e. The predicted molar refractivity (Wildman–Crippen MR) is 107 cm³/mol. The number of methoxy groups -OCH3 is 1. The molecule has 12 heteroatoms.